The van der Waals surface area contributed by atoms with E-state index in [-0.39, 0.29) is 5.78 Å². The second-order valence-corrected chi connectivity index (χ2v) is 7.12. The van der Waals surface area contributed by atoms with Crippen LogP contribution in [0.15, 0.2) is 0 Å². The summed E-state index contributed by atoms with van der Waals surface area (Å²) in [5.74, 6) is 0.490. The van der Waals surface area contributed by atoms with Crippen LogP contribution in [0.3, 0.4) is 0 Å². The molecule has 2 rings (SSSR count). The molecular weight excluding hydrogens is 268 g/mol. The molecule has 0 N–H and O–H groups in total. The molecule has 0 aliphatic carbocycles. The van der Waals surface area contributed by atoms with Crippen LogP contribution in [0.4, 0.5) is 0 Å². The van der Waals surface area contributed by atoms with Crippen LogP contribution in [-0.4, -0.2) is 35.3 Å². The number of thiazole rings is 1. The number of aromatic nitrogens is 1. The van der Waals surface area contributed by atoms with E-state index in [1.54, 1.807) is 18.3 Å². The van der Waals surface area contributed by atoms with Crippen molar-refractivity contribution in [3.05, 3.63) is 15.6 Å². The van der Waals surface area contributed by atoms with Crippen LogP contribution in [0.1, 0.15) is 72.7 Å². The third-order valence-electron chi connectivity index (χ3n) is 3.90. The minimum atomic E-state index is 0.159. The lowest BCUT2D eigenvalue weighted by Crippen LogP contribution is -2.26. The summed E-state index contributed by atoms with van der Waals surface area (Å²) in [5.41, 5.74) is 0.994. The lowest BCUT2D eigenvalue weighted by atomic mass is 10.1. The van der Waals surface area contributed by atoms with Gasteiger partial charge >= 0.3 is 0 Å². The highest BCUT2D eigenvalue weighted by Crippen LogP contribution is 2.26. The van der Waals surface area contributed by atoms with Crippen LogP contribution in [0, 0.1) is 0 Å². The van der Waals surface area contributed by atoms with Crippen molar-refractivity contribution in [1.82, 2.24) is 9.88 Å². The third kappa shape index (κ3) is 4.13. The first kappa shape index (κ1) is 15.6. The van der Waals surface area contributed by atoms with Gasteiger partial charge in [0.05, 0.1) is 15.6 Å². The Hall–Kier alpha value is -0.740. The first-order chi connectivity index (χ1) is 9.58. The van der Waals surface area contributed by atoms with E-state index >= 15 is 0 Å². The SMILES string of the molecule is CC(=O)c1sc(CCN2CCCCCC2)nc1C(C)C. The van der Waals surface area contributed by atoms with Crippen LogP contribution < -0.4 is 0 Å². The fourth-order valence-corrected chi connectivity index (χ4v) is 3.84. The molecule has 1 aliphatic heterocycles. The first-order valence-corrected chi connectivity index (χ1v) is 8.62. The number of likely N-dealkylation sites (tertiary alicyclic amines) is 1. The van der Waals surface area contributed by atoms with Gasteiger partial charge in [-0.3, -0.25) is 4.79 Å². The molecule has 1 aromatic heterocycles. The number of carbonyl (C=O) groups is 1. The molecule has 0 radical (unpaired) electrons. The van der Waals surface area contributed by atoms with Crippen molar-refractivity contribution >= 4 is 17.1 Å². The zero-order chi connectivity index (χ0) is 14.5. The van der Waals surface area contributed by atoms with E-state index in [2.05, 4.69) is 18.7 Å². The zero-order valence-electron chi connectivity index (χ0n) is 12.9. The normalized spacial score (nSPS) is 17.4. The fraction of sp³-hybridized carbons (Fsp3) is 0.750. The first-order valence-electron chi connectivity index (χ1n) is 7.81. The van der Waals surface area contributed by atoms with E-state index in [1.165, 1.54) is 38.8 Å². The highest BCUT2D eigenvalue weighted by molar-refractivity contribution is 7.13. The molecule has 1 aliphatic rings. The molecule has 0 unspecified atom stereocenters. The van der Waals surface area contributed by atoms with Gasteiger partial charge in [-0.05, 0) is 31.8 Å². The lowest BCUT2D eigenvalue weighted by molar-refractivity contribution is 0.102. The van der Waals surface area contributed by atoms with E-state index in [0.717, 1.165) is 28.5 Å². The molecule has 0 amide bonds. The molecule has 0 atom stereocenters. The summed E-state index contributed by atoms with van der Waals surface area (Å²) >= 11 is 1.60. The molecule has 0 aromatic carbocycles. The second-order valence-electron chi connectivity index (χ2n) is 6.04. The smallest absolute Gasteiger partial charge is 0.171 e. The summed E-state index contributed by atoms with van der Waals surface area (Å²) in [6, 6.07) is 0. The highest BCUT2D eigenvalue weighted by atomic mass is 32.1. The van der Waals surface area contributed by atoms with E-state index in [1.807, 2.05) is 0 Å². The van der Waals surface area contributed by atoms with Gasteiger partial charge in [-0.2, -0.15) is 0 Å². The van der Waals surface area contributed by atoms with Crippen molar-refractivity contribution in [3.63, 3.8) is 0 Å². The predicted molar refractivity (Wildman–Crippen MR) is 84.8 cm³/mol. The van der Waals surface area contributed by atoms with Gasteiger partial charge in [0, 0.05) is 19.9 Å². The van der Waals surface area contributed by atoms with Gasteiger partial charge in [0.1, 0.15) is 0 Å². The van der Waals surface area contributed by atoms with Gasteiger partial charge < -0.3 is 4.90 Å². The van der Waals surface area contributed by atoms with Crippen LogP contribution in [0.25, 0.3) is 0 Å². The van der Waals surface area contributed by atoms with Crippen LogP contribution in [-0.2, 0) is 6.42 Å². The van der Waals surface area contributed by atoms with E-state index < -0.39 is 0 Å². The van der Waals surface area contributed by atoms with Crippen LogP contribution in [0.5, 0.6) is 0 Å². The van der Waals surface area contributed by atoms with E-state index in [9.17, 15) is 4.79 Å². The number of ketones is 1. The lowest BCUT2D eigenvalue weighted by Gasteiger charge is -2.18. The third-order valence-corrected chi connectivity index (χ3v) is 5.14. The second kappa shape index (κ2) is 7.32. The van der Waals surface area contributed by atoms with Crippen molar-refractivity contribution < 1.29 is 4.79 Å². The summed E-state index contributed by atoms with van der Waals surface area (Å²) in [5, 5.41) is 1.13. The quantitative estimate of drug-likeness (QED) is 0.773. The number of hydrogen-bond acceptors (Lipinski definition) is 4. The summed E-state index contributed by atoms with van der Waals surface area (Å²) in [4.78, 5) is 19.8. The summed E-state index contributed by atoms with van der Waals surface area (Å²) in [7, 11) is 0. The van der Waals surface area contributed by atoms with Gasteiger partial charge in [-0.25, -0.2) is 4.98 Å². The Morgan fingerprint density at radius 1 is 1.25 bits per heavy atom. The Bertz CT molecular complexity index is 445. The minimum Gasteiger partial charge on any atom is -0.303 e. The molecular formula is C16H26N2OS. The number of hydrogen-bond donors (Lipinski definition) is 0. The molecule has 1 fully saturated rings. The Labute approximate surface area is 126 Å². The molecule has 2 heterocycles. The molecule has 1 aromatic rings. The Kier molecular flexibility index (Phi) is 5.73. The monoisotopic (exact) mass is 294 g/mol. The number of carbonyl (C=O) groups excluding carboxylic acids is 1. The molecule has 0 spiro atoms. The zero-order valence-corrected chi connectivity index (χ0v) is 13.8. The van der Waals surface area contributed by atoms with Crippen molar-refractivity contribution in [2.75, 3.05) is 19.6 Å². The van der Waals surface area contributed by atoms with E-state index in [4.69, 9.17) is 4.98 Å². The Morgan fingerprint density at radius 3 is 2.40 bits per heavy atom. The average Bonchev–Trinajstić information content (AvgIpc) is 2.67. The standard InChI is InChI=1S/C16H26N2OS/c1-12(2)15-16(13(3)19)20-14(17-15)8-11-18-9-6-4-5-7-10-18/h12H,4-11H2,1-3H3. The van der Waals surface area contributed by atoms with Crippen molar-refractivity contribution in [2.24, 2.45) is 0 Å². The van der Waals surface area contributed by atoms with Crippen molar-refractivity contribution in [3.8, 4) is 0 Å². The molecule has 0 saturated carbocycles. The Morgan fingerprint density at radius 2 is 1.90 bits per heavy atom. The van der Waals surface area contributed by atoms with Crippen LogP contribution in [0.2, 0.25) is 0 Å². The molecule has 0 bridgehead atoms. The summed E-state index contributed by atoms with van der Waals surface area (Å²) < 4.78 is 0. The topological polar surface area (TPSA) is 33.2 Å². The molecule has 112 valence electrons. The van der Waals surface area contributed by atoms with Crippen molar-refractivity contribution in [2.45, 2.75) is 58.8 Å². The van der Waals surface area contributed by atoms with Crippen molar-refractivity contribution in [1.29, 1.82) is 0 Å². The fourth-order valence-electron chi connectivity index (χ4n) is 2.74. The Balaban J connectivity index is 1.98. The average molecular weight is 294 g/mol. The van der Waals surface area contributed by atoms with Gasteiger partial charge in [0.15, 0.2) is 5.78 Å². The summed E-state index contributed by atoms with van der Waals surface area (Å²) in [6.45, 7) is 9.41. The number of Topliss-reactive ketones (excluding diaryl/α,β-unsaturated/α-hetero) is 1. The van der Waals surface area contributed by atoms with E-state index in [0.29, 0.717) is 5.92 Å². The maximum atomic E-state index is 11.7. The number of nitrogens with zero attached hydrogens (tertiary/aromatic N) is 2. The molecule has 3 nitrogen and oxygen atoms in total. The van der Waals surface area contributed by atoms with Gasteiger partial charge in [0.25, 0.3) is 0 Å². The van der Waals surface area contributed by atoms with Gasteiger partial charge in [-0.1, -0.05) is 26.7 Å². The maximum absolute atomic E-state index is 11.7. The van der Waals surface area contributed by atoms with Gasteiger partial charge in [-0.15, -0.1) is 11.3 Å². The number of rotatable bonds is 5. The maximum Gasteiger partial charge on any atom is 0.171 e. The highest BCUT2D eigenvalue weighted by Gasteiger charge is 2.18. The molecule has 4 heteroatoms. The summed E-state index contributed by atoms with van der Waals surface area (Å²) in [6.07, 6.45) is 6.39. The predicted octanol–water partition coefficient (Wildman–Crippen LogP) is 3.89. The largest absolute Gasteiger partial charge is 0.303 e. The van der Waals surface area contributed by atoms with Gasteiger partial charge in [0.2, 0.25) is 0 Å². The molecule has 20 heavy (non-hydrogen) atoms. The molecule has 1 saturated heterocycles. The minimum absolute atomic E-state index is 0.159. The van der Waals surface area contributed by atoms with Crippen LogP contribution >= 0.6 is 11.3 Å².